The molecule has 0 aliphatic carbocycles. The van der Waals surface area contributed by atoms with E-state index < -0.39 is 0 Å². The highest BCUT2D eigenvalue weighted by atomic mass is 16.5. The van der Waals surface area contributed by atoms with E-state index in [1.165, 1.54) is 25.7 Å². The molecule has 100 valence electrons. The minimum atomic E-state index is 0.502. The molecule has 1 saturated heterocycles. The van der Waals surface area contributed by atoms with Gasteiger partial charge in [-0.15, -0.1) is 0 Å². The van der Waals surface area contributed by atoms with Crippen LogP contribution in [-0.2, 0) is 0 Å². The Morgan fingerprint density at radius 1 is 1.50 bits per heavy atom. The van der Waals surface area contributed by atoms with Crippen LogP contribution in [0.4, 0.5) is 5.69 Å². The van der Waals surface area contributed by atoms with Gasteiger partial charge in [0.25, 0.3) is 0 Å². The van der Waals surface area contributed by atoms with E-state index in [4.69, 9.17) is 4.74 Å². The molecule has 2 heterocycles. The van der Waals surface area contributed by atoms with Crippen LogP contribution in [0.25, 0.3) is 0 Å². The van der Waals surface area contributed by atoms with Gasteiger partial charge in [-0.2, -0.15) is 0 Å². The topological polar surface area (TPSA) is 46.2 Å². The standard InChI is InChI=1S/C14H23N3O/c1-2-3-6-17-13-8-14(10-15-9-13)18-11-12-5-4-7-16-12/h8-10,12,16-17H,2-7,11H2,1H3/t12-/m0/s1. The SMILES string of the molecule is CCCCNc1cncc(OC[C@@H]2CCCN2)c1. The molecule has 0 saturated carbocycles. The molecule has 0 amide bonds. The summed E-state index contributed by atoms with van der Waals surface area (Å²) in [7, 11) is 0. The first-order valence-corrected chi connectivity index (χ1v) is 6.93. The highest BCUT2D eigenvalue weighted by Crippen LogP contribution is 2.16. The summed E-state index contributed by atoms with van der Waals surface area (Å²) in [5.74, 6) is 0.852. The van der Waals surface area contributed by atoms with Crippen molar-refractivity contribution in [2.45, 2.75) is 38.6 Å². The van der Waals surface area contributed by atoms with E-state index in [0.29, 0.717) is 6.04 Å². The summed E-state index contributed by atoms with van der Waals surface area (Å²) in [5, 5.41) is 6.78. The van der Waals surface area contributed by atoms with Crippen LogP contribution in [0.3, 0.4) is 0 Å². The van der Waals surface area contributed by atoms with Crippen LogP contribution in [0.2, 0.25) is 0 Å². The second-order valence-corrected chi connectivity index (χ2v) is 4.79. The van der Waals surface area contributed by atoms with Gasteiger partial charge in [0.2, 0.25) is 0 Å². The molecular weight excluding hydrogens is 226 g/mol. The molecule has 1 fully saturated rings. The summed E-state index contributed by atoms with van der Waals surface area (Å²) in [6.07, 6.45) is 8.46. The first-order chi connectivity index (χ1) is 8.88. The summed E-state index contributed by atoms with van der Waals surface area (Å²) < 4.78 is 5.77. The first-order valence-electron chi connectivity index (χ1n) is 6.93. The fraction of sp³-hybridized carbons (Fsp3) is 0.643. The van der Waals surface area contributed by atoms with Gasteiger partial charge in [0.15, 0.2) is 0 Å². The van der Waals surface area contributed by atoms with Gasteiger partial charge in [-0.3, -0.25) is 4.98 Å². The van der Waals surface area contributed by atoms with E-state index in [-0.39, 0.29) is 0 Å². The van der Waals surface area contributed by atoms with Gasteiger partial charge in [-0.25, -0.2) is 0 Å². The number of pyridine rings is 1. The molecular formula is C14H23N3O. The number of unbranched alkanes of at least 4 members (excludes halogenated alkanes) is 1. The third-order valence-electron chi connectivity index (χ3n) is 3.19. The van der Waals surface area contributed by atoms with Crippen LogP contribution < -0.4 is 15.4 Å². The maximum absolute atomic E-state index is 5.77. The number of nitrogens with one attached hydrogen (secondary N) is 2. The lowest BCUT2D eigenvalue weighted by Crippen LogP contribution is -2.28. The molecule has 1 aromatic heterocycles. The van der Waals surface area contributed by atoms with Crippen molar-refractivity contribution in [2.24, 2.45) is 0 Å². The Balaban J connectivity index is 1.78. The summed E-state index contributed by atoms with van der Waals surface area (Å²) in [5.41, 5.74) is 1.04. The molecule has 1 atom stereocenters. The van der Waals surface area contributed by atoms with Crippen LogP contribution in [-0.4, -0.2) is 30.7 Å². The number of aromatic nitrogens is 1. The molecule has 0 spiro atoms. The number of hydrogen-bond acceptors (Lipinski definition) is 4. The van der Waals surface area contributed by atoms with Crippen molar-refractivity contribution >= 4 is 5.69 Å². The molecule has 1 aliphatic rings. The predicted octanol–water partition coefficient (Wildman–Crippen LogP) is 2.42. The van der Waals surface area contributed by atoms with Crippen LogP contribution in [0.15, 0.2) is 18.5 Å². The minimum absolute atomic E-state index is 0.502. The lowest BCUT2D eigenvalue weighted by molar-refractivity contribution is 0.276. The van der Waals surface area contributed by atoms with Gasteiger partial charge in [0.1, 0.15) is 12.4 Å². The fourth-order valence-electron chi connectivity index (χ4n) is 2.10. The summed E-state index contributed by atoms with van der Waals surface area (Å²) in [6.45, 7) is 5.03. The fourth-order valence-corrected chi connectivity index (χ4v) is 2.10. The lowest BCUT2D eigenvalue weighted by Gasteiger charge is -2.13. The van der Waals surface area contributed by atoms with Gasteiger partial charge in [-0.1, -0.05) is 13.3 Å². The van der Waals surface area contributed by atoms with Crippen LogP contribution in [0.5, 0.6) is 5.75 Å². The molecule has 4 nitrogen and oxygen atoms in total. The Morgan fingerprint density at radius 2 is 2.44 bits per heavy atom. The van der Waals surface area contributed by atoms with Gasteiger partial charge < -0.3 is 15.4 Å². The predicted molar refractivity (Wildman–Crippen MR) is 74.2 cm³/mol. The zero-order chi connectivity index (χ0) is 12.6. The zero-order valence-corrected chi connectivity index (χ0v) is 11.1. The molecule has 0 unspecified atom stereocenters. The molecule has 2 N–H and O–H groups in total. The van der Waals surface area contributed by atoms with Crippen LogP contribution in [0, 0.1) is 0 Å². The highest BCUT2D eigenvalue weighted by Gasteiger charge is 2.14. The smallest absolute Gasteiger partial charge is 0.139 e. The summed E-state index contributed by atoms with van der Waals surface area (Å²) in [4.78, 5) is 4.20. The quantitative estimate of drug-likeness (QED) is 0.729. The molecule has 0 bridgehead atoms. The van der Waals surface area contributed by atoms with Crippen LogP contribution >= 0.6 is 0 Å². The monoisotopic (exact) mass is 249 g/mol. The van der Waals surface area contributed by atoms with E-state index in [1.807, 2.05) is 12.3 Å². The van der Waals surface area contributed by atoms with Crippen molar-refractivity contribution < 1.29 is 4.74 Å². The normalized spacial score (nSPS) is 18.8. The van der Waals surface area contributed by atoms with Crippen molar-refractivity contribution in [3.05, 3.63) is 18.5 Å². The van der Waals surface area contributed by atoms with Gasteiger partial charge in [0, 0.05) is 18.7 Å². The van der Waals surface area contributed by atoms with Crippen molar-refractivity contribution in [3.8, 4) is 5.75 Å². The molecule has 0 aromatic carbocycles. The van der Waals surface area contributed by atoms with E-state index in [9.17, 15) is 0 Å². The van der Waals surface area contributed by atoms with Crippen molar-refractivity contribution in [2.75, 3.05) is 25.0 Å². The van der Waals surface area contributed by atoms with E-state index in [2.05, 4.69) is 22.5 Å². The second kappa shape index (κ2) is 7.21. The third kappa shape index (κ3) is 4.18. The Labute approximate surface area is 109 Å². The number of rotatable bonds is 7. The first kappa shape index (κ1) is 13.1. The van der Waals surface area contributed by atoms with Crippen molar-refractivity contribution in [3.63, 3.8) is 0 Å². The number of hydrogen-bond donors (Lipinski definition) is 2. The molecule has 1 aliphatic heterocycles. The Kier molecular flexibility index (Phi) is 5.27. The third-order valence-corrected chi connectivity index (χ3v) is 3.19. The van der Waals surface area contributed by atoms with E-state index >= 15 is 0 Å². The Morgan fingerprint density at radius 3 is 3.22 bits per heavy atom. The zero-order valence-electron chi connectivity index (χ0n) is 11.1. The lowest BCUT2D eigenvalue weighted by atomic mass is 10.2. The molecule has 2 rings (SSSR count). The summed E-state index contributed by atoms with van der Waals surface area (Å²) in [6, 6.07) is 2.53. The average Bonchev–Trinajstić information content (AvgIpc) is 2.90. The van der Waals surface area contributed by atoms with E-state index in [1.54, 1.807) is 6.20 Å². The van der Waals surface area contributed by atoms with Crippen molar-refractivity contribution in [1.29, 1.82) is 0 Å². The van der Waals surface area contributed by atoms with Gasteiger partial charge in [0.05, 0.1) is 18.1 Å². The highest BCUT2D eigenvalue weighted by molar-refractivity contribution is 5.45. The molecule has 1 aromatic rings. The maximum atomic E-state index is 5.77. The van der Waals surface area contributed by atoms with Gasteiger partial charge in [-0.05, 0) is 25.8 Å². The molecule has 0 radical (unpaired) electrons. The molecule has 4 heteroatoms. The van der Waals surface area contributed by atoms with Crippen LogP contribution in [0.1, 0.15) is 32.6 Å². The maximum Gasteiger partial charge on any atom is 0.139 e. The number of ether oxygens (including phenoxy) is 1. The second-order valence-electron chi connectivity index (χ2n) is 4.79. The average molecular weight is 249 g/mol. The Hall–Kier alpha value is -1.29. The number of anilines is 1. The summed E-state index contributed by atoms with van der Waals surface area (Å²) >= 11 is 0. The largest absolute Gasteiger partial charge is 0.490 e. The minimum Gasteiger partial charge on any atom is -0.490 e. The van der Waals surface area contributed by atoms with Crippen molar-refractivity contribution in [1.82, 2.24) is 10.3 Å². The van der Waals surface area contributed by atoms with E-state index in [0.717, 1.165) is 31.1 Å². The van der Waals surface area contributed by atoms with Gasteiger partial charge >= 0.3 is 0 Å². The molecule has 18 heavy (non-hydrogen) atoms. The Bertz CT molecular complexity index is 351. The number of nitrogens with zero attached hydrogens (tertiary/aromatic N) is 1.